The molecule has 3 aromatic heterocycles. The molecule has 0 saturated carbocycles. The van der Waals surface area contributed by atoms with Crippen molar-refractivity contribution < 1.29 is 32.2 Å². The summed E-state index contributed by atoms with van der Waals surface area (Å²) in [5, 5.41) is 4.28. The van der Waals surface area contributed by atoms with Gasteiger partial charge in [-0.3, -0.25) is 14.6 Å². The Morgan fingerprint density at radius 1 is 0.925 bits per heavy atom. The Morgan fingerprint density at radius 2 is 1.55 bits per heavy atom. The van der Waals surface area contributed by atoms with Crippen molar-refractivity contribution in [3.8, 4) is 0 Å². The zero-order chi connectivity index (χ0) is 29.6. The van der Waals surface area contributed by atoms with Crippen molar-refractivity contribution >= 4 is 34.1 Å². The van der Waals surface area contributed by atoms with Crippen molar-refractivity contribution in [1.82, 2.24) is 29.3 Å². The van der Waals surface area contributed by atoms with E-state index in [1.54, 1.807) is 41.5 Å². The number of halogens is 3. The molecule has 0 radical (unpaired) electrons. The summed E-state index contributed by atoms with van der Waals surface area (Å²) < 4.78 is 52.9. The van der Waals surface area contributed by atoms with Crippen LogP contribution in [0.4, 0.5) is 18.0 Å². The van der Waals surface area contributed by atoms with Crippen LogP contribution in [0.15, 0.2) is 35.4 Å². The number of esters is 1. The van der Waals surface area contributed by atoms with E-state index in [0.717, 1.165) is 27.4 Å². The van der Waals surface area contributed by atoms with Crippen LogP contribution in [0.25, 0.3) is 22.1 Å². The quantitative estimate of drug-likeness (QED) is 0.336. The first kappa shape index (κ1) is 28.6. The first-order valence-corrected chi connectivity index (χ1v) is 12.2. The van der Waals surface area contributed by atoms with E-state index in [9.17, 15) is 27.6 Å². The van der Waals surface area contributed by atoms with Gasteiger partial charge in [0.25, 0.3) is 5.56 Å². The molecule has 0 aliphatic heterocycles. The number of carbonyl (C=O) groups excluding carboxylic acids is 2. The lowest BCUT2D eigenvalue weighted by molar-refractivity contribution is -0.154. The lowest BCUT2D eigenvalue weighted by Crippen LogP contribution is -2.31. The highest BCUT2D eigenvalue weighted by Crippen LogP contribution is 2.32. The fourth-order valence-electron chi connectivity index (χ4n) is 3.86. The van der Waals surface area contributed by atoms with Gasteiger partial charge in [0.2, 0.25) is 0 Å². The Bertz CT molecular complexity index is 1680. The molecule has 0 fully saturated rings. The normalized spacial score (nSPS) is 12.6. The van der Waals surface area contributed by atoms with E-state index < -0.39 is 47.1 Å². The van der Waals surface area contributed by atoms with Crippen molar-refractivity contribution in [2.45, 2.75) is 71.9 Å². The van der Waals surface area contributed by atoms with Crippen LogP contribution in [-0.2, 0) is 33.4 Å². The SMILES string of the molecule is CC(C)(C)OC(=O)Cc1nn(Cc2nc3cc(C(F)(F)F)ccc3n2C(=O)OC(C)(C)C)c(=O)c2nccnc12. The number of carbonyl (C=O) groups is 2. The van der Waals surface area contributed by atoms with Crippen LogP contribution in [0.2, 0.25) is 0 Å². The topological polar surface area (TPSA) is 131 Å². The van der Waals surface area contributed by atoms with Gasteiger partial charge in [-0.1, -0.05) is 0 Å². The highest BCUT2D eigenvalue weighted by Gasteiger charge is 2.32. The standard InChI is InChI=1S/C26H27F3N6O5/c1-24(2,3)39-19(36)12-16-20-21(31-10-9-30-20)22(37)34(33-16)13-18-32-15-11-14(26(27,28)29)7-8-17(15)35(18)23(38)40-25(4,5)6/h7-11H,12-13H2,1-6H3. The molecule has 0 saturated heterocycles. The van der Waals surface area contributed by atoms with E-state index in [2.05, 4.69) is 20.1 Å². The average molecular weight is 561 g/mol. The van der Waals surface area contributed by atoms with E-state index in [1.165, 1.54) is 12.4 Å². The first-order valence-electron chi connectivity index (χ1n) is 12.2. The summed E-state index contributed by atoms with van der Waals surface area (Å²) in [6, 6.07) is 2.73. The van der Waals surface area contributed by atoms with Gasteiger partial charge in [0.15, 0.2) is 5.52 Å². The molecular formula is C26H27F3N6O5. The van der Waals surface area contributed by atoms with E-state index in [0.29, 0.717) is 0 Å². The molecule has 0 unspecified atom stereocenters. The third kappa shape index (κ3) is 6.26. The van der Waals surface area contributed by atoms with Gasteiger partial charge in [0.05, 0.1) is 23.0 Å². The maximum Gasteiger partial charge on any atom is 0.420 e. The summed E-state index contributed by atoms with van der Waals surface area (Å²) in [5.74, 6) is -0.748. The van der Waals surface area contributed by atoms with Gasteiger partial charge in [-0.25, -0.2) is 24.0 Å². The fraction of sp³-hybridized carbons (Fsp3) is 0.423. The van der Waals surface area contributed by atoms with Gasteiger partial charge in [-0.2, -0.15) is 18.3 Å². The molecule has 212 valence electrons. The molecule has 1 aromatic carbocycles. The molecule has 11 nitrogen and oxygen atoms in total. The molecule has 0 atom stereocenters. The van der Waals surface area contributed by atoms with Gasteiger partial charge >= 0.3 is 18.2 Å². The minimum atomic E-state index is -4.64. The number of nitrogens with zero attached hydrogens (tertiary/aromatic N) is 6. The van der Waals surface area contributed by atoms with Crippen LogP contribution in [-0.4, -0.2) is 52.6 Å². The number of hydrogen-bond acceptors (Lipinski definition) is 9. The summed E-state index contributed by atoms with van der Waals surface area (Å²) >= 11 is 0. The van der Waals surface area contributed by atoms with Crippen LogP contribution in [0, 0.1) is 0 Å². The molecule has 4 aromatic rings. The number of benzene rings is 1. The fourth-order valence-corrected chi connectivity index (χ4v) is 3.86. The number of alkyl halides is 3. The van der Waals surface area contributed by atoms with Gasteiger partial charge in [-0.05, 0) is 59.7 Å². The van der Waals surface area contributed by atoms with E-state index in [-0.39, 0.29) is 40.0 Å². The molecule has 14 heteroatoms. The maximum absolute atomic E-state index is 13.4. The molecule has 40 heavy (non-hydrogen) atoms. The Balaban J connectivity index is 1.87. The predicted molar refractivity (Wildman–Crippen MR) is 137 cm³/mol. The van der Waals surface area contributed by atoms with Crippen molar-refractivity contribution in [2.24, 2.45) is 0 Å². The first-order chi connectivity index (χ1) is 18.4. The second kappa shape index (κ2) is 9.99. The number of hydrogen-bond donors (Lipinski definition) is 0. The second-order valence-electron chi connectivity index (χ2n) is 11.0. The van der Waals surface area contributed by atoms with Crippen molar-refractivity contribution in [1.29, 1.82) is 0 Å². The third-order valence-corrected chi connectivity index (χ3v) is 5.30. The van der Waals surface area contributed by atoms with Crippen LogP contribution in [0.1, 0.15) is 58.6 Å². The molecule has 0 aliphatic carbocycles. The molecule has 0 N–H and O–H groups in total. The average Bonchev–Trinajstić information content (AvgIpc) is 3.16. The van der Waals surface area contributed by atoms with Gasteiger partial charge in [0, 0.05) is 12.4 Å². The minimum Gasteiger partial charge on any atom is -0.460 e. The molecule has 4 rings (SSSR count). The van der Waals surface area contributed by atoms with Crippen molar-refractivity contribution in [2.75, 3.05) is 0 Å². The van der Waals surface area contributed by atoms with E-state index >= 15 is 0 Å². The van der Waals surface area contributed by atoms with Crippen LogP contribution in [0.5, 0.6) is 0 Å². The lowest BCUT2D eigenvalue weighted by Gasteiger charge is -2.20. The molecule has 0 spiro atoms. The smallest absolute Gasteiger partial charge is 0.420 e. The van der Waals surface area contributed by atoms with Gasteiger partial charge in [0.1, 0.15) is 34.8 Å². The number of aromatic nitrogens is 6. The summed E-state index contributed by atoms with van der Waals surface area (Å²) in [4.78, 5) is 51.5. The van der Waals surface area contributed by atoms with Crippen LogP contribution < -0.4 is 5.56 Å². The van der Waals surface area contributed by atoms with E-state index in [1.807, 2.05) is 0 Å². The Morgan fingerprint density at radius 3 is 2.15 bits per heavy atom. The number of fused-ring (bicyclic) bond motifs is 2. The Kier molecular flexibility index (Phi) is 7.15. The molecule has 3 heterocycles. The summed E-state index contributed by atoms with van der Waals surface area (Å²) in [6.07, 6.45) is -3.26. The second-order valence-corrected chi connectivity index (χ2v) is 11.0. The third-order valence-electron chi connectivity index (χ3n) is 5.30. The minimum absolute atomic E-state index is 0.0415. The van der Waals surface area contributed by atoms with Crippen LogP contribution in [0.3, 0.4) is 0 Å². The molecule has 0 bridgehead atoms. The van der Waals surface area contributed by atoms with Crippen LogP contribution >= 0.6 is 0 Å². The number of rotatable bonds is 4. The zero-order valence-corrected chi connectivity index (χ0v) is 22.7. The molecule has 0 aliphatic rings. The number of ether oxygens (including phenoxy) is 2. The summed E-state index contributed by atoms with van der Waals surface area (Å²) in [6.45, 7) is 9.52. The van der Waals surface area contributed by atoms with Crippen molar-refractivity contribution in [3.63, 3.8) is 0 Å². The van der Waals surface area contributed by atoms with E-state index in [4.69, 9.17) is 9.47 Å². The van der Waals surface area contributed by atoms with Crippen molar-refractivity contribution in [3.05, 3.63) is 58.0 Å². The Labute approximate surface area is 226 Å². The largest absolute Gasteiger partial charge is 0.460 e. The summed E-state index contributed by atoms with van der Waals surface area (Å²) in [7, 11) is 0. The predicted octanol–water partition coefficient (Wildman–Crippen LogP) is 4.27. The highest BCUT2D eigenvalue weighted by molar-refractivity contribution is 5.88. The number of imidazole rings is 1. The molecular weight excluding hydrogens is 533 g/mol. The Hall–Kier alpha value is -4.36. The summed E-state index contributed by atoms with van der Waals surface area (Å²) in [5.41, 5.74) is -3.42. The maximum atomic E-state index is 13.4. The van der Waals surface area contributed by atoms with Gasteiger partial charge < -0.3 is 9.47 Å². The van der Waals surface area contributed by atoms with Gasteiger partial charge in [-0.15, -0.1) is 0 Å². The monoisotopic (exact) mass is 560 g/mol. The zero-order valence-electron chi connectivity index (χ0n) is 22.7. The lowest BCUT2D eigenvalue weighted by atomic mass is 10.2. The molecule has 0 amide bonds. The highest BCUT2D eigenvalue weighted by atomic mass is 19.4.